The Balaban J connectivity index is 3.90. The van der Waals surface area contributed by atoms with Crippen molar-refractivity contribution in [3.63, 3.8) is 0 Å². The number of rotatable bonds is 8. The highest BCUT2D eigenvalue weighted by atomic mass is 79.9. The molecule has 0 aromatic heterocycles. The van der Waals surface area contributed by atoms with Gasteiger partial charge < -0.3 is 0 Å². The van der Waals surface area contributed by atoms with Gasteiger partial charge in [0.15, 0.2) is 0 Å². The van der Waals surface area contributed by atoms with Crippen molar-refractivity contribution in [2.75, 3.05) is 0 Å². The molecule has 0 aromatic carbocycles. The maximum Gasteiger partial charge on any atom is 0.348 e. The molecule has 0 bridgehead atoms. The minimum atomic E-state index is -3.70. The average Bonchev–Trinajstić information content (AvgIpc) is 2.10. The van der Waals surface area contributed by atoms with E-state index in [1.165, 1.54) is 0 Å². The molecule has 0 spiro atoms. The summed E-state index contributed by atoms with van der Waals surface area (Å²) in [6.45, 7) is 2.09. The Kier molecular flexibility index (Phi) is 7.95. The van der Waals surface area contributed by atoms with Crippen molar-refractivity contribution in [3.8, 4) is 0 Å². The van der Waals surface area contributed by atoms with Gasteiger partial charge in [0, 0.05) is 11.2 Å². The number of hydrogen-bond acceptors (Lipinski definition) is 0. The largest absolute Gasteiger partial charge is 0.348 e. The van der Waals surface area contributed by atoms with Crippen LogP contribution in [0, 0.1) is 0 Å². The minimum absolute atomic E-state index is 0.324. The van der Waals surface area contributed by atoms with Gasteiger partial charge in [-0.2, -0.15) is 8.78 Å². The molecule has 16 heavy (non-hydrogen) atoms. The van der Waals surface area contributed by atoms with Crippen LogP contribution < -0.4 is 0 Å². The Morgan fingerprint density at radius 2 is 1.75 bits per heavy atom. The first-order valence-electron chi connectivity index (χ1n) is 5.29. The van der Waals surface area contributed by atoms with E-state index >= 15 is 0 Å². The van der Waals surface area contributed by atoms with E-state index in [2.05, 4.69) is 22.9 Å². The van der Waals surface area contributed by atoms with Crippen molar-refractivity contribution in [1.29, 1.82) is 0 Å². The van der Waals surface area contributed by atoms with Crippen LogP contribution >= 0.6 is 43.5 Å². The lowest BCUT2D eigenvalue weighted by atomic mass is 10.1. The van der Waals surface area contributed by atoms with Gasteiger partial charge in [0.25, 0.3) is 5.13 Å². The summed E-state index contributed by atoms with van der Waals surface area (Å²) < 4.78 is 38.7. The third kappa shape index (κ3) is 6.70. The normalized spacial score (nSPS) is 18.2. The van der Waals surface area contributed by atoms with Crippen LogP contribution in [0.1, 0.15) is 45.4 Å². The molecule has 0 radical (unpaired) electrons. The first-order chi connectivity index (χ1) is 7.20. The van der Waals surface area contributed by atoms with Crippen LogP contribution in [0.5, 0.6) is 0 Å². The standard InChI is InChI=1S/C10H16Br2ClF3/c1-2-3-4-5-6-8(11)7-9(13,14)10(12,15)16/h8H,2-7H2,1H3/t8-,9+/m0/s1. The Labute approximate surface area is 117 Å². The van der Waals surface area contributed by atoms with Crippen LogP contribution in [0.25, 0.3) is 0 Å². The molecule has 0 heterocycles. The molecule has 98 valence electrons. The maximum absolute atomic E-state index is 13.4. The lowest BCUT2D eigenvalue weighted by molar-refractivity contribution is -0.00959. The summed E-state index contributed by atoms with van der Waals surface area (Å²) in [4.78, 5) is -4.02. The molecule has 0 fully saturated rings. The molecule has 0 saturated heterocycles. The lowest BCUT2D eigenvalue weighted by Gasteiger charge is -2.25. The first-order valence-corrected chi connectivity index (χ1v) is 7.38. The Hall–Kier alpha value is 1.04. The van der Waals surface area contributed by atoms with Gasteiger partial charge in [-0.3, -0.25) is 0 Å². The number of unbranched alkanes of at least 4 members (excludes halogenated alkanes) is 3. The van der Waals surface area contributed by atoms with E-state index in [-0.39, 0.29) is 4.83 Å². The summed E-state index contributed by atoms with van der Waals surface area (Å²) in [5.74, 6) is 0. The van der Waals surface area contributed by atoms with Crippen LogP contribution in [-0.2, 0) is 0 Å². The van der Waals surface area contributed by atoms with Crippen LogP contribution in [-0.4, -0.2) is 14.8 Å². The van der Waals surface area contributed by atoms with Crippen LogP contribution in [0.15, 0.2) is 0 Å². The lowest BCUT2D eigenvalue weighted by Crippen LogP contribution is -2.36. The topological polar surface area (TPSA) is 0 Å². The number of hydrogen-bond donors (Lipinski definition) is 0. The third-order valence-electron chi connectivity index (χ3n) is 2.26. The van der Waals surface area contributed by atoms with E-state index in [9.17, 15) is 13.2 Å². The van der Waals surface area contributed by atoms with Crippen LogP contribution in [0.4, 0.5) is 13.2 Å². The van der Waals surface area contributed by atoms with Crippen molar-refractivity contribution >= 4 is 43.5 Å². The zero-order chi connectivity index (χ0) is 12.8. The van der Waals surface area contributed by atoms with Crippen molar-refractivity contribution in [1.82, 2.24) is 0 Å². The fraction of sp³-hybridized carbons (Fsp3) is 1.00. The molecule has 2 atom stereocenters. The van der Waals surface area contributed by atoms with Gasteiger partial charge in [-0.05, 0) is 22.4 Å². The van der Waals surface area contributed by atoms with Gasteiger partial charge >= 0.3 is 4.83 Å². The molecule has 0 unspecified atom stereocenters. The highest BCUT2D eigenvalue weighted by Crippen LogP contribution is 2.45. The Bertz CT molecular complexity index is 195. The molecule has 0 aliphatic heterocycles. The van der Waals surface area contributed by atoms with Crippen molar-refractivity contribution in [2.45, 2.75) is 60.2 Å². The first kappa shape index (κ1) is 17.0. The predicted octanol–water partition coefficient (Wildman–Crippen LogP) is 6.00. The second kappa shape index (κ2) is 7.47. The molecule has 0 N–H and O–H groups in total. The van der Waals surface area contributed by atoms with Gasteiger partial charge in [-0.15, -0.1) is 0 Å². The van der Waals surface area contributed by atoms with Gasteiger partial charge in [0.1, 0.15) is 0 Å². The quantitative estimate of drug-likeness (QED) is 0.353. The number of alkyl halides is 6. The molecule has 0 aliphatic rings. The highest BCUT2D eigenvalue weighted by Gasteiger charge is 2.52. The third-order valence-corrected chi connectivity index (χ3v) is 4.29. The van der Waals surface area contributed by atoms with Crippen molar-refractivity contribution in [2.24, 2.45) is 0 Å². The summed E-state index contributed by atoms with van der Waals surface area (Å²) in [5.41, 5.74) is 0. The summed E-state index contributed by atoms with van der Waals surface area (Å²) in [7, 11) is 0. The van der Waals surface area contributed by atoms with E-state index < -0.39 is 16.4 Å². The molecule has 0 saturated carbocycles. The molecule has 0 nitrogen and oxygen atoms in total. The SMILES string of the molecule is CCCCCC[C@H](Br)C[C@](F)(Cl)C(F)(F)Br. The summed E-state index contributed by atoms with van der Waals surface area (Å²) in [5, 5.41) is -3.04. The summed E-state index contributed by atoms with van der Waals surface area (Å²) >= 11 is 10.3. The van der Waals surface area contributed by atoms with Gasteiger partial charge in [-0.1, -0.05) is 60.1 Å². The fourth-order valence-corrected chi connectivity index (χ4v) is 2.59. The zero-order valence-corrected chi connectivity index (χ0v) is 13.0. The number of halogens is 6. The Morgan fingerprint density at radius 1 is 1.19 bits per heavy atom. The molecule has 0 amide bonds. The van der Waals surface area contributed by atoms with Gasteiger partial charge in [-0.25, -0.2) is 4.39 Å². The highest BCUT2D eigenvalue weighted by molar-refractivity contribution is 9.10. The summed E-state index contributed by atoms with van der Waals surface area (Å²) in [6, 6.07) is 0. The van der Waals surface area contributed by atoms with Gasteiger partial charge in [0.05, 0.1) is 0 Å². The zero-order valence-electron chi connectivity index (χ0n) is 9.09. The fourth-order valence-electron chi connectivity index (χ4n) is 1.29. The van der Waals surface area contributed by atoms with E-state index in [1.807, 2.05) is 15.9 Å². The monoisotopic (exact) mass is 386 g/mol. The molecular weight excluding hydrogens is 372 g/mol. The molecule has 6 heteroatoms. The van der Waals surface area contributed by atoms with Crippen LogP contribution in [0.2, 0.25) is 0 Å². The molecular formula is C10H16Br2ClF3. The summed E-state index contributed by atoms with van der Waals surface area (Å²) in [6.07, 6.45) is 4.38. The van der Waals surface area contributed by atoms with Crippen molar-refractivity contribution in [3.05, 3.63) is 0 Å². The Morgan fingerprint density at radius 3 is 2.19 bits per heavy atom. The smallest absolute Gasteiger partial charge is 0.218 e. The second-order valence-electron chi connectivity index (χ2n) is 3.85. The van der Waals surface area contributed by atoms with Gasteiger partial charge in [0.2, 0.25) is 0 Å². The minimum Gasteiger partial charge on any atom is -0.218 e. The van der Waals surface area contributed by atoms with E-state index in [0.717, 1.165) is 25.7 Å². The maximum atomic E-state index is 13.4. The van der Waals surface area contributed by atoms with E-state index in [1.54, 1.807) is 0 Å². The van der Waals surface area contributed by atoms with E-state index in [4.69, 9.17) is 11.6 Å². The molecule has 0 rings (SSSR count). The predicted molar refractivity (Wildman–Crippen MR) is 69.7 cm³/mol. The molecule has 0 aromatic rings. The van der Waals surface area contributed by atoms with Crippen molar-refractivity contribution < 1.29 is 13.2 Å². The second-order valence-corrected chi connectivity index (χ2v) is 6.74. The van der Waals surface area contributed by atoms with E-state index in [0.29, 0.717) is 6.42 Å². The van der Waals surface area contributed by atoms with Crippen LogP contribution in [0.3, 0.4) is 0 Å². The average molecular weight is 388 g/mol. The molecule has 0 aliphatic carbocycles.